The van der Waals surface area contributed by atoms with E-state index in [0.717, 1.165) is 4.90 Å². The highest BCUT2D eigenvalue weighted by atomic mass is 19.4. The molecule has 15 heavy (non-hydrogen) atoms. The summed E-state index contributed by atoms with van der Waals surface area (Å²) in [5, 5.41) is 2.55. The largest absolute Gasteiger partial charge is 0.471 e. The molecule has 2 saturated heterocycles. The van der Waals surface area contributed by atoms with Crippen molar-refractivity contribution in [2.24, 2.45) is 5.41 Å². The van der Waals surface area contributed by atoms with Crippen LogP contribution in [0.1, 0.15) is 6.42 Å². The van der Waals surface area contributed by atoms with Crippen molar-refractivity contribution in [3.63, 3.8) is 0 Å². The number of halogens is 3. The Balaban J connectivity index is 1.94. The first-order chi connectivity index (χ1) is 6.82. The Labute approximate surface area is 83.4 Å². The van der Waals surface area contributed by atoms with Gasteiger partial charge in [-0.2, -0.15) is 13.2 Å². The number of hydrogen-bond donors (Lipinski definition) is 1. The van der Waals surface area contributed by atoms with Gasteiger partial charge >= 0.3 is 12.1 Å². The topological polar surface area (TPSA) is 49.4 Å². The summed E-state index contributed by atoms with van der Waals surface area (Å²) in [6, 6.07) is 0. The lowest BCUT2D eigenvalue weighted by molar-refractivity contribution is -0.195. The average molecular weight is 222 g/mol. The molecular weight excluding hydrogens is 213 g/mol. The van der Waals surface area contributed by atoms with Crippen LogP contribution in [0.2, 0.25) is 0 Å². The van der Waals surface area contributed by atoms with E-state index < -0.39 is 17.5 Å². The van der Waals surface area contributed by atoms with E-state index >= 15 is 0 Å². The summed E-state index contributed by atoms with van der Waals surface area (Å²) in [5.74, 6) is -1.97. The predicted molar refractivity (Wildman–Crippen MR) is 42.7 cm³/mol. The molecule has 1 spiro atoms. The number of rotatable bonds is 0. The number of amides is 2. The van der Waals surface area contributed by atoms with Crippen LogP contribution >= 0.6 is 0 Å². The fourth-order valence-electron chi connectivity index (χ4n) is 2.06. The van der Waals surface area contributed by atoms with Crippen LogP contribution in [0.5, 0.6) is 0 Å². The van der Waals surface area contributed by atoms with Gasteiger partial charge in [-0.1, -0.05) is 0 Å². The quantitative estimate of drug-likeness (QED) is 0.622. The maximum Gasteiger partial charge on any atom is 0.471 e. The molecule has 0 bridgehead atoms. The standard InChI is InChI=1S/C8H9F3N2O2/c9-8(10,11)6(15)13-3-7(4-13)1-5(14)12-2-7/h1-4H2,(H,12,14). The van der Waals surface area contributed by atoms with Crippen molar-refractivity contribution < 1.29 is 22.8 Å². The van der Waals surface area contributed by atoms with Crippen molar-refractivity contribution in [1.29, 1.82) is 0 Å². The number of carbonyl (C=O) groups is 2. The Bertz CT molecular complexity index is 320. The molecule has 2 rings (SSSR count). The minimum Gasteiger partial charge on any atom is -0.355 e. The first kappa shape index (κ1) is 10.3. The van der Waals surface area contributed by atoms with E-state index in [4.69, 9.17) is 0 Å². The van der Waals surface area contributed by atoms with Crippen molar-refractivity contribution in [2.75, 3.05) is 19.6 Å². The molecule has 2 amide bonds. The minimum absolute atomic E-state index is 0.0179. The zero-order chi connectivity index (χ0) is 11.3. The van der Waals surface area contributed by atoms with Gasteiger partial charge in [0, 0.05) is 31.5 Å². The van der Waals surface area contributed by atoms with E-state index in [2.05, 4.69) is 5.32 Å². The van der Waals surface area contributed by atoms with Gasteiger partial charge in [0.1, 0.15) is 0 Å². The molecule has 2 fully saturated rings. The van der Waals surface area contributed by atoms with Gasteiger partial charge in [0.05, 0.1) is 0 Å². The molecule has 4 nitrogen and oxygen atoms in total. The maximum absolute atomic E-state index is 12.0. The molecule has 0 aromatic heterocycles. The summed E-state index contributed by atoms with van der Waals surface area (Å²) >= 11 is 0. The van der Waals surface area contributed by atoms with Gasteiger partial charge in [-0.05, 0) is 0 Å². The second-order valence-electron chi connectivity index (χ2n) is 4.11. The summed E-state index contributed by atoms with van der Waals surface area (Å²) in [4.78, 5) is 22.4. The molecule has 0 atom stereocenters. The first-order valence-electron chi connectivity index (χ1n) is 4.45. The van der Waals surface area contributed by atoms with Crippen LogP contribution in [0.25, 0.3) is 0 Å². The van der Waals surface area contributed by atoms with E-state index in [1.54, 1.807) is 0 Å². The third-order valence-corrected chi connectivity index (χ3v) is 2.78. The van der Waals surface area contributed by atoms with E-state index in [0.29, 0.717) is 6.54 Å². The second-order valence-corrected chi connectivity index (χ2v) is 4.11. The number of nitrogens with one attached hydrogen (secondary N) is 1. The van der Waals surface area contributed by atoms with E-state index in [1.165, 1.54) is 0 Å². The molecule has 2 aliphatic heterocycles. The Kier molecular flexibility index (Phi) is 1.96. The van der Waals surface area contributed by atoms with Gasteiger partial charge < -0.3 is 10.2 Å². The molecule has 0 aliphatic carbocycles. The second kappa shape index (κ2) is 2.86. The fraction of sp³-hybridized carbons (Fsp3) is 0.750. The summed E-state index contributed by atoms with van der Waals surface area (Å²) in [6.07, 6.45) is -4.59. The number of carbonyl (C=O) groups excluding carboxylic acids is 2. The van der Waals surface area contributed by atoms with Gasteiger partial charge in [-0.15, -0.1) is 0 Å². The first-order valence-corrected chi connectivity index (χ1v) is 4.45. The predicted octanol–water partition coefficient (Wildman–Crippen LogP) is -0.103. The number of alkyl halides is 3. The number of nitrogens with zero attached hydrogens (tertiary/aromatic N) is 1. The SMILES string of the molecule is O=C1CC2(CN1)CN(C(=O)C(F)(F)F)C2. The highest BCUT2D eigenvalue weighted by Gasteiger charge is 2.54. The minimum atomic E-state index is -4.81. The smallest absolute Gasteiger partial charge is 0.355 e. The molecule has 1 N–H and O–H groups in total. The molecule has 2 heterocycles. The highest BCUT2D eigenvalue weighted by molar-refractivity contribution is 5.84. The summed E-state index contributed by atoms with van der Waals surface area (Å²) in [5.41, 5.74) is -0.446. The third kappa shape index (κ3) is 1.66. The van der Waals surface area contributed by atoms with Gasteiger partial charge in [0.15, 0.2) is 0 Å². The Morgan fingerprint density at radius 1 is 1.40 bits per heavy atom. The number of likely N-dealkylation sites (tertiary alicyclic amines) is 1. The van der Waals surface area contributed by atoms with E-state index in [9.17, 15) is 22.8 Å². The van der Waals surface area contributed by atoms with Gasteiger partial charge in [0.25, 0.3) is 0 Å². The summed E-state index contributed by atoms with van der Waals surface area (Å²) < 4.78 is 36.0. The van der Waals surface area contributed by atoms with Crippen molar-refractivity contribution in [2.45, 2.75) is 12.6 Å². The molecule has 7 heteroatoms. The molecule has 0 unspecified atom stereocenters. The molecule has 0 radical (unpaired) electrons. The molecule has 0 saturated carbocycles. The molecule has 84 valence electrons. The van der Waals surface area contributed by atoms with Crippen LogP contribution < -0.4 is 5.32 Å². The molecule has 0 aromatic carbocycles. The van der Waals surface area contributed by atoms with Gasteiger partial charge in [-0.3, -0.25) is 9.59 Å². The van der Waals surface area contributed by atoms with Crippen LogP contribution in [-0.2, 0) is 9.59 Å². The van der Waals surface area contributed by atoms with E-state index in [-0.39, 0.29) is 25.4 Å². The van der Waals surface area contributed by atoms with Gasteiger partial charge in [-0.25, -0.2) is 0 Å². The summed E-state index contributed by atoms with van der Waals surface area (Å²) in [6.45, 7) is 0.404. The maximum atomic E-state index is 12.0. The Morgan fingerprint density at radius 3 is 2.40 bits per heavy atom. The number of hydrogen-bond acceptors (Lipinski definition) is 2. The monoisotopic (exact) mass is 222 g/mol. The van der Waals surface area contributed by atoms with Crippen LogP contribution in [0.3, 0.4) is 0 Å². The Hall–Kier alpha value is -1.27. The normalized spacial score (nSPS) is 23.9. The van der Waals surface area contributed by atoms with Crippen molar-refractivity contribution >= 4 is 11.8 Å². The lowest BCUT2D eigenvalue weighted by Gasteiger charge is -2.46. The van der Waals surface area contributed by atoms with E-state index in [1.807, 2.05) is 0 Å². The lowest BCUT2D eigenvalue weighted by atomic mass is 9.79. The molecular formula is C8H9F3N2O2. The summed E-state index contributed by atoms with van der Waals surface area (Å²) in [7, 11) is 0. The average Bonchev–Trinajstić information content (AvgIpc) is 2.42. The van der Waals surface area contributed by atoms with Crippen LogP contribution in [0, 0.1) is 5.41 Å². The van der Waals surface area contributed by atoms with Crippen molar-refractivity contribution in [1.82, 2.24) is 10.2 Å². The van der Waals surface area contributed by atoms with Gasteiger partial charge in [0.2, 0.25) is 5.91 Å². The zero-order valence-electron chi connectivity index (χ0n) is 7.73. The van der Waals surface area contributed by atoms with Crippen LogP contribution in [0.15, 0.2) is 0 Å². The van der Waals surface area contributed by atoms with Crippen LogP contribution in [0.4, 0.5) is 13.2 Å². The molecule has 0 aromatic rings. The fourth-order valence-corrected chi connectivity index (χ4v) is 2.06. The Morgan fingerprint density at radius 2 is 2.00 bits per heavy atom. The third-order valence-electron chi connectivity index (χ3n) is 2.78. The highest BCUT2D eigenvalue weighted by Crippen LogP contribution is 2.38. The molecule has 2 aliphatic rings. The zero-order valence-corrected chi connectivity index (χ0v) is 7.73. The lowest BCUT2D eigenvalue weighted by Crippen LogP contribution is -2.62. The van der Waals surface area contributed by atoms with Crippen LogP contribution in [-0.4, -0.2) is 42.5 Å². The van der Waals surface area contributed by atoms with Crippen molar-refractivity contribution in [3.8, 4) is 0 Å². The van der Waals surface area contributed by atoms with Crippen molar-refractivity contribution in [3.05, 3.63) is 0 Å².